The lowest BCUT2D eigenvalue weighted by Crippen LogP contribution is -2.07. The number of carbonyl (C=O) groups is 1. The number of nitrogens with one attached hydrogen (secondary N) is 1. The maximum Gasteiger partial charge on any atom is 0.335 e. The van der Waals surface area contributed by atoms with E-state index in [1.165, 1.54) is 13.2 Å². The normalized spacial score (nSPS) is 19.9. The van der Waals surface area contributed by atoms with Crippen LogP contribution >= 0.6 is 0 Å². The average molecular weight is 143 g/mol. The van der Waals surface area contributed by atoms with Gasteiger partial charge in [0.1, 0.15) is 6.61 Å². The molecule has 1 aliphatic heterocycles. The van der Waals surface area contributed by atoms with Crippen molar-refractivity contribution >= 4 is 5.97 Å². The van der Waals surface area contributed by atoms with E-state index < -0.39 is 5.97 Å². The Labute approximate surface area is 58.8 Å². The molecule has 1 rings (SSSR count). The summed E-state index contributed by atoms with van der Waals surface area (Å²) in [5.41, 5.74) is 0. The maximum absolute atomic E-state index is 10.5. The third-order valence-corrected chi connectivity index (χ3v) is 1.11. The van der Waals surface area contributed by atoms with Crippen molar-refractivity contribution in [1.29, 1.82) is 0 Å². The molecule has 0 unspecified atom stereocenters. The highest BCUT2D eigenvalue weighted by molar-refractivity contribution is 5.82. The first-order valence-corrected chi connectivity index (χ1v) is 2.99. The highest BCUT2D eigenvalue weighted by Crippen LogP contribution is 1.98. The monoisotopic (exact) mass is 143 g/mol. The van der Waals surface area contributed by atoms with Gasteiger partial charge in [-0.1, -0.05) is 0 Å². The van der Waals surface area contributed by atoms with Crippen LogP contribution in [0.4, 0.5) is 0 Å². The molecule has 4 nitrogen and oxygen atoms in total. The van der Waals surface area contributed by atoms with E-state index >= 15 is 0 Å². The largest absolute Gasteiger partial charge is 0.477 e. The van der Waals surface area contributed by atoms with E-state index in [-0.39, 0.29) is 0 Å². The molecule has 0 aromatic heterocycles. The Balaban J connectivity index is 2.45. The second-order valence-corrected chi connectivity index (χ2v) is 1.81. The summed E-state index contributed by atoms with van der Waals surface area (Å²) in [7, 11) is 1.33. The van der Waals surface area contributed by atoms with Gasteiger partial charge in [-0.2, -0.15) is 0 Å². The van der Waals surface area contributed by atoms with Gasteiger partial charge in [-0.15, -0.1) is 0 Å². The third-order valence-electron chi connectivity index (χ3n) is 1.11. The Morgan fingerprint density at radius 1 is 1.90 bits per heavy atom. The van der Waals surface area contributed by atoms with E-state index in [4.69, 9.17) is 4.74 Å². The Kier molecular flexibility index (Phi) is 2.15. The molecule has 1 heterocycles. The molecule has 0 atom stereocenters. The van der Waals surface area contributed by atoms with Crippen molar-refractivity contribution in [3.8, 4) is 0 Å². The fraction of sp³-hybridized carbons (Fsp3) is 0.500. The molecule has 0 aliphatic carbocycles. The van der Waals surface area contributed by atoms with Gasteiger partial charge in [-0.25, -0.2) is 4.79 Å². The lowest BCUT2D eigenvalue weighted by molar-refractivity contribution is -0.135. The Morgan fingerprint density at radius 2 is 2.70 bits per heavy atom. The molecule has 0 amide bonds. The highest BCUT2D eigenvalue weighted by Gasteiger charge is 2.07. The molecule has 0 aromatic carbocycles. The van der Waals surface area contributed by atoms with Crippen molar-refractivity contribution in [2.75, 3.05) is 20.3 Å². The van der Waals surface area contributed by atoms with Crippen LogP contribution in [0.25, 0.3) is 0 Å². The quantitative estimate of drug-likeness (QED) is 0.401. The minimum absolute atomic E-state index is 0.399. The van der Waals surface area contributed by atoms with Crippen molar-refractivity contribution in [1.82, 2.24) is 5.32 Å². The van der Waals surface area contributed by atoms with Crippen LogP contribution < -0.4 is 5.32 Å². The molecule has 0 bridgehead atoms. The number of carbonyl (C=O) groups excluding carboxylic acids is 1. The van der Waals surface area contributed by atoms with E-state index in [2.05, 4.69) is 10.1 Å². The summed E-state index contributed by atoms with van der Waals surface area (Å²) < 4.78 is 9.35. The smallest absolute Gasteiger partial charge is 0.335 e. The van der Waals surface area contributed by atoms with Crippen LogP contribution in [0.15, 0.2) is 12.0 Å². The lowest BCUT2D eigenvalue weighted by atomic mass is 10.6. The molecule has 56 valence electrons. The number of rotatable bonds is 1. The van der Waals surface area contributed by atoms with Crippen LogP contribution in [0.5, 0.6) is 0 Å². The van der Waals surface area contributed by atoms with Crippen LogP contribution in [0.3, 0.4) is 0 Å². The van der Waals surface area contributed by atoms with Crippen LogP contribution in [-0.2, 0) is 14.3 Å². The summed E-state index contributed by atoms with van der Waals surface area (Å²) in [5.74, 6) is 0.0938. The number of hydrogen-bond acceptors (Lipinski definition) is 4. The van der Waals surface area contributed by atoms with Crippen LogP contribution in [-0.4, -0.2) is 26.2 Å². The Bertz CT molecular complexity index is 156. The summed E-state index contributed by atoms with van der Waals surface area (Å²) in [5, 5.41) is 2.86. The van der Waals surface area contributed by atoms with E-state index in [0.29, 0.717) is 12.5 Å². The van der Waals surface area contributed by atoms with Gasteiger partial charge in [0.25, 0.3) is 0 Å². The van der Waals surface area contributed by atoms with Crippen LogP contribution in [0.2, 0.25) is 0 Å². The molecule has 1 N–H and O–H groups in total. The molecule has 0 radical (unpaired) electrons. The summed E-state index contributed by atoms with van der Waals surface area (Å²) in [6.45, 7) is 1.37. The molecule has 10 heavy (non-hydrogen) atoms. The molecular formula is C6H9NO3. The number of esters is 1. The van der Waals surface area contributed by atoms with Gasteiger partial charge in [0.2, 0.25) is 0 Å². The number of methoxy groups -OCH3 is 1. The molecule has 1 aliphatic rings. The first-order valence-electron chi connectivity index (χ1n) is 2.99. The first-order chi connectivity index (χ1) is 4.83. The fourth-order valence-electron chi connectivity index (χ4n) is 0.645. The predicted molar refractivity (Wildman–Crippen MR) is 34.1 cm³/mol. The van der Waals surface area contributed by atoms with Gasteiger partial charge in [0.15, 0.2) is 5.88 Å². The summed E-state index contributed by atoms with van der Waals surface area (Å²) in [4.78, 5) is 10.5. The van der Waals surface area contributed by atoms with E-state index in [9.17, 15) is 4.79 Å². The molecular weight excluding hydrogens is 134 g/mol. The maximum atomic E-state index is 10.5. The minimum atomic E-state index is -0.399. The van der Waals surface area contributed by atoms with Gasteiger partial charge >= 0.3 is 5.97 Å². The van der Waals surface area contributed by atoms with E-state index in [1.54, 1.807) is 0 Å². The zero-order chi connectivity index (χ0) is 7.40. The predicted octanol–water partition coefficient (Wildman–Crippen LogP) is -0.379. The van der Waals surface area contributed by atoms with Crippen LogP contribution in [0.1, 0.15) is 0 Å². The van der Waals surface area contributed by atoms with Gasteiger partial charge < -0.3 is 14.8 Å². The zero-order valence-electron chi connectivity index (χ0n) is 5.72. The second kappa shape index (κ2) is 3.10. The third kappa shape index (κ3) is 1.65. The van der Waals surface area contributed by atoms with Crippen molar-refractivity contribution in [2.24, 2.45) is 0 Å². The molecule has 4 heteroatoms. The summed E-state index contributed by atoms with van der Waals surface area (Å²) >= 11 is 0. The van der Waals surface area contributed by atoms with E-state index in [0.717, 1.165) is 6.54 Å². The topological polar surface area (TPSA) is 47.6 Å². The van der Waals surface area contributed by atoms with Gasteiger partial charge in [-0.3, -0.25) is 0 Å². The number of hydrogen-bond donors (Lipinski definition) is 1. The van der Waals surface area contributed by atoms with Crippen molar-refractivity contribution in [3.63, 3.8) is 0 Å². The molecule has 0 saturated carbocycles. The average Bonchev–Trinajstić information content (AvgIpc) is 2.40. The van der Waals surface area contributed by atoms with Gasteiger partial charge in [-0.05, 0) is 0 Å². The fourth-order valence-corrected chi connectivity index (χ4v) is 0.645. The first kappa shape index (κ1) is 6.92. The van der Waals surface area contributed by atoms with Crippen molar-refractivity contribution in [2.45, 2.75) is 0 Å². The molecule has 0 aromatic rings. The molecule has 0 spiro atoms. The zero-order valence-corrected chi connectivity index (χ0v) is 5.72. The highest BCUT2D eigenvalue weighted by atomic mass is 16.5. The summed E-state index contributed by atoms with van der Waals surface area (Å²) in [6.07, 6.45) is 1.28. The molecule has 1 saturated heterocycles. The Hall–Kier alpha value is -1.19. The standard InChI is InChI=1S/C6H9NO3/c1-9-6(8)4-5-7-2-3-10-5/h4,7H,2-3H2,1H3/b5-4+. The Morgan fingerprint density at radius 3 is 3.20 bits per heavy atom. The van der Waals surface area contributed by atoms with E-state index in [1.807, 2.05) is 0 Å². The summed E-state index contributed by atoms with van der Waals surface area (Å²) in [6, 6.07) is 0. The van der Waals surface area contributed by atoms with Crippen LogP contribution in [0, 0.1) is 0 Å². The lowest BCUT2D eigenvalue weighted by Gasteiger charge is -1.95. The minimum Gasteiger partial charge on any atom is -0.477 e. The number of ether oxygens (including phenoxy) is 2. The SMILES string of the molecule is COC(=O)/C=C1\NCCO1. The molecule has 1 fully saturated rings. The van der Waals surface area contributed by atoms with Crippen molar-refractivity contribution in [3.05, 3.63) is 12.0 Å². The van der Waals surface area contributed by atoms with Crippen molar-refractivity contribution < 1.29 is 14.3 Å². The van der Waals surface area contributed by atoms with Gasteiger partial charge in [0.05, 0.1) is 19.7 Å². The van der Waals surface area contributed by atoms with Gasteiger partial charge in [0, 0.05) is 0 Å². The second-order valence-electron chi connectivity index (χ2n) is 1.81.